The van der Waals surface area contributed by atoms with Gasteiger partial charge in [-0.1, -0.05) is 154 Å². The Morgan fingerprint density at radius 3 is 1.89 bits per heavy atom. The van der Waals surface area contributed by atoms with Crippen LogP contribution in [0.2, 0.25) is 0 Å². The molecule has 1 N–H and O–H groups in total. The van der Waals surface area contributed by atoms with E-state index in [0.717, 1.165) is 22.6 Å². The maximum atomic E-state index is 3.92. The molecule has 291 valence electrons. The summed E-state index contributed by atoms with van der Waals surface area (Å²) in [6.07, 6.45) is 0. The summed E-state index contributed by atoms with van der Waals surface area (Å²) in [6.45, 7) is 9.06. The van der Waals surface area contributed by atoms with Gasteiger partial charge in [-0.05, 0) is 134 Å². The van der Waals surface area contributed by atoms with Crippen LogP contribution in [0.3, 0.4) is 0 Å². The zero-order valence-electron chi connectivity index (χ0n) is 34.8. The molecule has 1 aliphatic rings. The lowest BCUT2D eigenvalue weighted by atomic mass is 9.57. The number of hydrogen-bond acceptors (Lipinski definition) is 3. The van der Waals surface area contributed by atoms with Crippen molar-refractivity contribution >= 4 is 88.9 Å². The first-order valence-corrected chi connectivity index (χ1v) is 22.0. The predicted octanol–water partition coefficient (Wildman–Crippen LogP) is 15.0. The minimum Gasteiger partial charge on any atom is -0.355 e. The van der Waals surface area contributed by atoms with Crippen LogP contribution in [-0.2, 0) is 5.41 Å². The summed E-state index contributed by atoms with van der Waals surface area (Å²) >= 11 is 1.87. The molecule has 2 nitrogen and oxygen atoms in total. The maximum Gasteiger partial charge on any atom is 0.197 e. The normalized spacial score (nSPS) is 12.4. The number of fused-ring (bicyclic) bond motifs is 6. The molecule has 10 aromatic rings. The molecule has 0 saturated carbocycles. The smallest absolute Gasteiger partial charge is 0.197 e. The third-order valence-corrected chi connectivity index (χ3v) is 13.5. The van der Waals surface area contributed by atoms with Crippen molar-refractivity contribution in [1.29, 1.82) is 0 Å². The van der Waals surface area contributed by atoms with Crippen LogP contribution in [0, 0.1) is 6.92 Å². The maximum absolute atomic E-state index is 3.92. The average Bonchev–Trinajstić information content (AvgIpc) is 3.65. The van der Waals surface area contributed by atoms with E-state index in [2.05, 4.69) is 233 Å². The molecule has 0 spiro atoms. The van der Waals surface area contributed by atoms with E-state index in [9.17, 15) is 0 Å². The lowest BCUT2D eigenvalue weighted by Gasteiger charge is -2.36. The summed E-state index contributed by atoms with van der Waals surface area (Å²) in [5.41, 5.74) is 17.8. The van der Waals surface area contributed by atoms with Gasteiger partial charge in [0, 0.05) is 48.8 Å². The summed E-state index contributed by atoms with van der Waals surface area (Å²) in [5, 5.41) is 8.92. The van der Waals surface area contributed by atoms with Gasteiger partial charge in [0.05, 0.1) is 0 Å². The van der Waals surface area contributed by atoms with E-state index < -0.39 is 0 Å². The van der Waals surface area contributed by atoms with E-state index in [-0.39, 0.29) is 5.41 Å². The molecule has 0 amide bonds. The Labute approximate surface area is 363 Å². The van der Waals surface area contributed by atoms with Gasteiger partial charge in [-0.15, -0.1) is 11.3 Å². The van der Waals surface area contributed by atoms with Crippen molar-refractivity contribution in [3.63, 3.8) is 0 Å². The number of thiophene rings is 1. The molecule has 0 aliphatic carbocycles. The van der Waals surface area contributed by atoms with Crippen molar-refractivity contribution in [1.82, 2.24) is 0 Å². The first-order chi connectivity index (χ1) is 29.7. The number of nitrogens with one attached hydrogen (secondary N) is 1. The van der Waals surface area contributed by atoms with Gasteiger partial charge in [0.1, 0.15) is 0 Å². The molecule has 4 heteroatoms. The van der Waals surface area contributed by atoms with E-state index in [1.807, 2.05) is 11.3 Å². The summed E-state index contributed by atoms with van der Waals surface area (Å²) in [4.78, 5) is 2.54. The molecule has 0 unspecified atom stereocenters. The van der Waals surface area contributed by atoms with E-state index >= 15 is 0 Å². The first-order valence-electron chi connectivity index (χ1n) is 21.2. The summed E-state index contributed by atoms with van der Waals surface area (Å²) in [7, 11) is 2.45. The lowest BCUT2D eigenvalue weighted by molar-refractivity contribution is 0.590. The van der Waals surface area contributed by atoms with Crippen LogP contribution < -0.4 is 21.1 Å². The zero-order valence-corrected chi connectivity index (χ0v) is 35.6. The van der Waals surface area contributed by atoms with E-state index in [0.29, 0.717) is 0 Å². The highest BCUT2D eigenvalue weighted by molar-refractivity contribution is 7.25. The topological polar surface area (TPSA) is 15.3 Å². The highest BCUT2D eigenvalue weighted by atomic mass is 32.1. The number of hydrogen-bond donors (Lipinski definition) is 1. The first kappa shape index (κ1) is 37.1. The minimum absolute atomic E-state index is 0.0721. The molecule has 9 aromatic carbocycles. The standard InChI is InChI=1S/C57H44BN2S/c1-36-29-41(37-15-7-5-8-16-37)23-28-51(36)60-52-35-55-47(45-21-13-14-22-54(45)61-55)34-49(52)58-56-48(31-42(33-53(56)60)38-17-9-6-10-18-38)46-30-39-19-11-12-20-40(39)32-50(46)59-44-26-24-43(25-27-44)57(2,3)4/h5-35,59H,1-4H3. The second-order valence-corrected chi connectivity index (χ2v) is 18.5. The van der Waals surface area contributed by atoms with Crippen LogP contribution in [0.4, 0.5) is 28.4 Å². The Morgan fingerprint density at radius 2 is 1.16 bits per heavy atom. The van der Waals surface area contributed by atoms with Crippen LogP contribution >= 0.6 is 11.3 Å². The van der Waals surface area contributed by atoms with Crippen molar-refractivity contribution in [2.24, 2.45) is 0 Å². The van der Waals surface area contributed by atoms with Crippen LogP contribution in [-0.4, -0.2) is 7.28 Å². The van der Waals surface area contributed by atoms with Crippen LogP contribution in [0.1, 0.15) is 31.9 Å². The third-order valence-electron chi connectivity index (χ3n) is 12.3. The lowest BCUT2D eigenvalue weighted by Crippen LogP contribution is -2.41. The van der Waals surface area contributed by atoms with E-state index in [4.69, 9.17) is 0 Å². The molecule has 0 fully saturated rings. The number of anilines is 5. The monoisotopic (exact) mass is 799 g/mol. The number of nitrogens with zero attached hydrogens (tertiary/aromatic N) is 1. The molecule has 1 aromatic heterocycles. The van der Waals surface area contributed by atoms with Crippen LogP contribution in [0.5, 0.6) is 0 Å². The van der Waals surface area contributed by atoms with Gasteiger partial charge in [0.15, 0.2) is 7.28 Å². The Morgan fingerprint density at radius 1 is 0.492 bits per heavy atom. The highest BCUT2D eigenvalue weighted by Crippen LogP contribution is 2.46. The van der Waals surface area contributed by atoms with Crippen molar-refractivity contribution in [2.75, 3.05) is 10.2 Å². The van der Waals surface area contributed by atoms with Gasteiger partial charge in [-0.2, -0.15) is 0 Å². The molecule has 0 bridgehead atoms. The molecule has 1 radical (unpaired) electrons. The minimum atomic E-state index is 0.0721. The van der Waals surface area contributed by atoms with Crippen molar-refractivity contribution in [2.45, 2.75) is 33.1 Å². The Hall–Kier alpha value is -6.88. The largest absolute Gasteiger partial charge is 0.355 e. The molecule has 2 heterocycles. The Kier molecular flexibility index (Phi) is 8.95. The van der Waals surface area contributed by atoms with Gasteiger partial charge in [0.25, 0.3) is 0 Å². The van der Waals surface area contributed by atoms with Crippen molar-refractivity contribution in [3.05, 3.63) is 199 Å². The number of aryl methyl sites for hydroxylation is 1. The van der Waals surface area contributed by atoms with Crippen LogP contribution in [0.15, 0.2) is 188 Å². The fourth-order valence-electron chi connectivity index (χ4n) is 9.12. The van der Waals surface area contributed by atoms with Gasteiger partial charge in [0.2, 0.25) is 0 Å². The number of rotatable bonds is 6. The van der Waals surface area contributed by atoms with Crippen LogP contribution in [0.25, 0.3) is 64.3 Å². The molecule has 0 saturated heterocycles. The Bertz CT molecular complexity index is 3290. The van der Waals surface area contributed by atoms with Crippen molar-refractivity contribution in [3.8, 4) is 33.4 Å². The van der Waals surface area contributed by atoms with Gasteiger partial charge < -0.3 is 10.2 Å². The summed E-state index contributed by atoms with van der Waals surface area (Å²) < 4.78 is 2.60. The van der Waals surface area contributed by atoms with Gasteiger partial charge >= 0.3 is 0 Å². The van der Waals surface area contributed by atoms with Crippen molar-refractivity contribution < 1.29 is 0 Å². The zero-order chi connectivity index (χ0) is 41.2. The molecule has 61 heavy (non-hydrogen) atoms. The third kappa shape index (κ3) is 6.68. The van der Waals surface area contributed by atoms with Gasteiger partial charge in [-0.3, -0.25) is 0 Å². The van der Waals surface area contributed by atoms with Gasteiger partial charge in [-0.25, -0.2) is 0 Å². The fraction of sp³-hybridized carbons (Fsp3) is 0.0877. The second kappa shape index (κ2) is 14.7. The predicted molar refractivity (Wildman–Crippen MR) is 266 cm³/mol. The molecule has 0 atom stereocenters. The molecular formula is C57H44BN2S. The molecule has 11 rings (SSSR count). The number of benzene rings is 9. The fourth-order valence-corrected chi connectivity index (χ4v) is 10.2. The quantitative estimate of drug-likeness (QED) is 0.169. The molecule has 1 aliphatic heterocycles. The Balaban J connectivity index is 1.18. The summed E-state index contributed by atoms with van der Waals surface area (Å²) in [6, 6.07) is 69.4. The van der Waals surface area contributed by atoms with E-state index in [1.165, 1.54) is 92.2 Å². The second-order valence-electron chi connectivity index (χ2n) is 17.4. The highest BCUT2D eigenvalue weighted by Gasteiger charge is 2.31. The summed E-state index contributed by atoms with van der Waals surface area (Å²) in [5.74, 6) is 0. The average molecular weight is 800 g/mol. The SMILES string of the molecule is Cc1cc(-c2ccccc2)ccc1N1c2cc3sc4ccccc4c3cc2[B]c2c(-c3cc4ccccc4cc3Nc3ccc(C(C)(C)C)cc3)cc(-c3ccccc3)cc21. The molecular weight excluding hydrogens is 756 g/mol. The van der Waals surface area contributed by atoms with E-state index in [1.54, 1.807) is 0 Å².